The molecule has 0 radical (unpaired) electrons. The van der Waals surface area contributed by atoms with Crippen LogP contribution in [0.25, 0.3) is 0 Å². The molecule has 0 aromatic rings. The molecule has 1 aliphatic heterocycles. The second kappa shape index (κ2) is 6.24. The van der Waals surface area contributed by atoms with E-state index in [0.717, 1.165) is 32.4 Å². The highest BCUT2D eigenvalue weighted by Gasteiger charge is 2.29. The molecule has 16 heavy (non-hydrogen) atoms. The quantitative estimate of drug-likeness (QED) is 0.778. The Morgan fingerprint density at radius 1 is 1.38 bits per heavy atom. The molecule has 1 aliphatic rings. The molecule has 0 spiro atoms. The zero-order chi connectivity index (χ0) is 12.1. The average molecular weight is 226 g/mol. The predicted octanol–water partition coefficient (Wildman–Crippen LogP) is 2.02. The highest BCUT2D eigenvalue weighted by atomic mass is 16.2. The first-order valence-corrected chi connectivity index (χ1v) is 6.56. The largest absolute Gasteiger partial charge is 0.340 e. The minimum atomic E-state index is 0.252. The van der Waals surface area contributed by atoms with Crippen LogP contribution in [-0.2, 0) is 4.79 Å². The maximum Gasteiger partial charge on any atom is 0.225 e. The van der Waals surface area contributed by atoms with Crippen molar-refractivity contribution >= 4 is 5.91 Å². The van der Waals surface area contributed by atoms with Crippen LogP contribution >= 0.6 is 0 Å². The van der Waals surface area contributed by atoms with Crippen molar-refractivity contribution in [3.8, 4) is 0 Å². The number of hydrogen-bond donors (Lipinski definition) is 1. The number of amides is 1. The van der Waals surface area contributed by atoms with Crippen LogP contribution in [0.5, 0.6) is 0 Å². The first-order valence-electron chi connectivity index (χ1n) is 6.56. The lowest BCUT2D eigenvalue weighted by Crippen LogP contribution is -2.45. The number of nitrogens with one attached hydrogen (secondary N) is 1. The zero-order valence-corrected chi connectivity index (χ0v) is 11.1. The van der Waals surface area contributed by atoms with E-state index in [1.54, 1.807) is 0 Å². The van der Waals surface area contributed by atoms with E-state index in [2.05, 4.69) is 33.0 Å². The monoisotopic (exact) mass is 226 g/mol. The molecule has 1 rings (SSSR count). The number of rotatable bonds is 5. The molecule has 1 amide bonds. The van der Waals surface area contributed by atoms with Crippen LogP contribution in [0, 0.1) is 5.92 Å². The molecule has 0 aromatic heterocycles. The Labute approximate surface area is 99.6 Å². The summed E-state index contributed by atoms with van der Waals surface area (Å²) in [6.45, 7) is 10.4. The van der Waals surface area contributed by atoms with Gasteiger partial charge in [0, 0.05) is 24.5 Å². The molecule has 1 heterocycles. The smallest absolute Gasteiger partial charge is 0.225 e. The van der Waals surface area contributed by atoms with Gasteiger partial charge in [-0.1, -0.05) is 13.8 Å². The fourth-order valence-corrected chi connectivity index (χ4v) is 2.30. The summed E-state index contributed by atoms with van der Waals surface area (Å²) in [7, 11) is 0. The molecule has 0 unspecified atom stereocenters. The second-order valence-electron chi connectivity index (χ2n) is 5.36. The van der Waals surface area contributed by atoms with Gasteiger partial charge in [0.05, 0.1) is 0 Å². The fourth-order valence-electron chi connectivity index (χ4n) is 2.30. The Balaban J connectivity index is 2.38. The van der Waals surface area contributed by atoms with Gasteiger partial charge in [-0.25, -0.2) is 0 Å². The molecule has 1 saturated heterocycles. The summed E-state index contributed by atoms with van der Waals surface area (Å²) in [5, 5.41) is 3.39. The Kier molecular flexibility index (Phi) is 5.26. The molecule has 1 fully saturated rings. The highest BCUT2D eigenvalue weighted by molar-refractivity contribution is 5.79. The molecule has 0 saturated carbocycles. The molecular formula is C13H26N2O. The molecule has 0 aromatic carbocycles. The van der Waals surface area contributed by atoms with Crippen LogP contribution in [0.2, 0.25) is 0 Å². The molecule has 1 N–H and O–H groups in total. The molecular weight excluding hydrogens is 200 g/mol. The minimum absolute atomic E-state index is 0.252. The third-order valence-electron chi connectivity index (χ3n) is 3.25. The number of carbonyl (C=O) groups is 1. The van der Waals surface area contributed by atoms with E-state index in [4.69, 9.17) is 0 Å². The van der Waals surface area contributed by atoms with Crippen molar-refractivity contribution in [2.75, 3.05) is 13.1 Å². The lowest BCUT2D eigenvalue weighted by atomic mass is 9.93. The first kappa shape index (κ1) is 13.5. The highest BCUT2D eigenvalue weighted by Crippen LogP contribution is 2.22. The van der Waals surface area contributed by atoms with Crippen LogP contribution in [0.1, 0.15) is 47.0 Å². The van der Waals surface area contributed by atoms with Gasteiger partial charge in [0.25, 0.3) is 0 Å². The van der Waals surface area contributed by atoms with E-state index in [-0.39, 0.29) is 5.92 Å². The van der Waals surface area contributed by atoms with Crippen molar-refractivity contribution in [1.82, 2.24) is 10.2 Å². The van der Waals surface area contributed by atoms with Gasteiger partial charge in [0.1, 0.15) is 0 Å². The lowest BCUT2D eigenvalue weighted by molar-refractivity contribution is -0.140. The lowest BCUT2D eigenvalue weighted by Gasteiger charge is -2.35. The van der Waals surface area contributed by atoms with E-state index < -0.39 is 0 Å². The Morgan fingerprint density at radius 3 is 2.62 bits per heavy atom. The first-order chi connectivity index (χ1) is 7.52. The van der Waals surface area contributed by atoms with Crippen LogP contribution < -0.4 is 5.32 Å². The number of hydrogen-bond acceptors (Lipinski definition) is 2. The fraction of sp³-hybridized carbons (Fsp3) is 0.923. The van der Waals surface area contributed by atoms with Gasteiger partial charge in [-0.05, 0) is 39.7 Å². The van der Waals surface area contributed by atoms with Gasteiger partial charge in [0.2, 0.25) is 5.91 Å². The third kappa shape index (κ3) is 3.78. The van der Waals surface area contributed by atoms with Crippen molar-refractivity contribution < 1.29 is 4.79 Å². The van der Waals surface area contributed by atoms with E-state index >= 15 is 0 Å². The second-order valence-corrected chi connectivity index (χ2v) is 5.36. The summed E-state index contributed by atoms with van der Waals surface area (Å²) >= 11 is 0. The summed E-state index contributed by atoms with van der Waals surface area (Å²) in [4.78, 5) is 14.2. The van der Waals surface area contributed by atoms with Gasteiger partial charge in [-0.2, -0.15) is 0 Å². The molecule has 1 atom stereocenters. The predicted molar refractivity (Wildman–Crippen MR) is 67.3 cm³/mol. The average Bonchev–Trinajstić information content (AvgIpc) is 2.19. The van der Waals surface area contributed by atoms with Gasteiger partial charge >= 0.3 is 0 Å². The Hall–Kier alpha value is -0.570. The maximum atomic E-state index is 12.1. The van der Waals surface area contributed by atoms with Crippen molar-refractivity contribution in [2.45, 2.75) is 59.0 Å². The van der Waals surface area contributed by atoms with E-state index in [1.165, 1.54) is 0 Å². The van der Waals surface area contributed by atoms with Crippen LogP contribution in [0.15, 0.2) is 0 Å². The van der Waals surface area contributed by atoms with Crippen molar-refractivity contribution in [3.63, 3.8) is 0 Å². The molecule has 3 heteroatoms. The number of likely N-dealkylation sites (tertiary alicyclic amines) is 1. The van der Waals surface area contributed by atoms with Gasteiger partial charge < -0.3 is 10.2 Å². The zero-order valence-electron chi connectivity index (χ0n) is 11.1. The van der Waals surface area contributed by atoms with Crippen molar-refractivity contribution in [1.29, 1.82) is 0 Å². The van der Waals surface area contributed by atoms with E-state index in [0.29, 0.717) is 18.0 Å². The van der Waals surface area contributed by atoms with Gasteiger partial charge in [-0.15, -0.1) is 0 Å². The minimum Gasteiger partial charge on any atom is -0.340 e. The van der Waals surface area contributed by atoms with Crippen LogP contribution in [0.3, 0.4) is 0 Å². The maximum absolute atomic E-state index is 12.1. The van der Waals surface area contributed by atoms with Crippen LogP contribution in [-0.4, -0.2) is 36.0 Å². The van der Waals surface area contributed by atoms with Gasteiger partial charge in [0.15, 0.2) is 0 Å². The third-order valence-corrected chi connectivity index (χ3v) is 3.25. The normalized spacial score (nSPS) is 22.2. The molecule has 94 valence electrons. The summed E-state index contributed by atoms with van der Waals surface area (Å²) in [6.07, 6.45) is 3.22. The Morgan fingerprint density at radius 2 is 2.06 bits per heavy atom. The Bertz CT molecular complexity index is 226. The number of carbonyl (C=O) groups excluding carboxylic acids is 1. The van der Waals surface area contributed by atoms with Crippen molar-refractivity contribution in [3.05, 3.63) is 0 Å². The van der Waals surface area contributed by atoms with E-state index in [1.807, 2.05) is 4.90 Å². The van der Waals surface area contributed by atoms with Crippen LogP contribution in [0.4, 0.5) is 0 Å². The molecule has 3 nitrogen and oxygen atoms in total. The summed E-state index contributed by atoms with van der Waals surface area (Å²) in [6, 6.07) is 0.869. The summed E-state index contributed by atoms with van der Waals surface area (Å²) < 4.78 is 0. The number of nitrogens with zero attached hydrogens (tertiary/aromatic N) is 1. The number of piperidine rings is 1. The summed E-state index contributed by atoms with van der Waals surface area (Å²) in [5.41, 5.74) is 0. The van der Waals surface area contributed by atoms with Gasteiger partial charge in [-0.3, -0.25) is 4.79 Å². The van der Waals surface area contributed by atoms with Crippen molar-refractivity contribution in [2.24, 2.45) is 5.92 Å². The van der Waals surface area contributed by atoms with E-state index in [9.17, 15) is 4.79 Å². The SMILES string of the molecule is CC(C)NCC[C@@H]1CCCN(C(C)C)C1=O. The standard InChI is InChI=1S/C13H26N2O/c1-10(2)14-8-7-12-6-5-9-15(11(3)4)13(12)16/h10-12,14H,5-9H2,1-4H3/t12-/m0/s1. The topological polar surface area (TPSA) is 32.3 Å². The summed E-state index contributed by atoms with van der Waals surface area (Å²) in [5.74, 6) is 0.620. The molecule has 0 bridgehead atoms. The molecule has 0 aliphatic carbocycles.